The van der Waals surface area contributed by atoms with Crippen LogP contribution < -0.4 is 21.7 Å². The van der Waals surface area contributed by atoms with Gasteiger partial charge in [0.15, 0.2) is 0 Å². The van der Waals surface area contributed by atoms with E-state index in [-0.39, 0.29) is 23.8 Å². The van der Waals surface area contributed by atoms with Gasteiger partial charge in [-0.1, -0.05) is 37.5 Å². The second-order valence-corrected chi connectivity index (χ2v) is 8.17. The highest BCUT2D eigenvalue weighted by Crippen LogP contribution is 2.30. The molecule has 2 aliphatic heterocycles. The second-order valence-electron chi connectivity index (χ2n) is 8.17. The van der Waals surface area contributed by atoms with Gasteiger partial charge in [-0.15, -0.1) is 0 Å². The molecule has 3 fully saturated rings. The number of rotatable bonds is 4. The van der Waals surface area contributed by atoms with Crippen molar-refractivity contribution in [3.8, 4) is 0 Å². The van der Waals surface area contributed by atoms with Crippen molar-refractivity contribution in [3.05, 3.63) is 35.6 Å². The Kier molecular flexibility index (Phi) is 5.73. The van der Waals surface area contributed by atoms with Crippen molar-refractivity contribution in [1.82, 2.24) is 26.6 Å². The lowest BCUT2D eigenvalue weighted by Crippen LogP contribution is -2.49. The van der Waals surface area contributed by atoms with Gasteiger partial charge in [-0.25, -0.2) is 15.2 Å². The van der Waals surface area contributed by atoms with Crippen molar-refractivity contribution >= 4 is 5.91 Å². The Balaban J connectivity index is 1.34. The number of nitrogens with zero attached hydrogens (tertiary/aromatic N) is 1. The smallest absolute Gasteiger partial charge is 0.240 e. The van der Waals surface area contributed by atoms with Crippen LogP contribution in [0.3, 0.4) is 0 Å². The molecule has 1 aromatic carbocycles. The standard InChI is InChI=1S/C20H30FN5O/c1-26(12-19-14-8-3-2-4-10-16(14)22-25-19)20(27)18-11-17(23-24-18)13-7-5-6-9-15(13)21/h5-7,9,14,16-19,22-25H,2-4,8,10-12H2,1H3. The number of hydrogen-bond acceptors (Lipinski definition) is 5. The molecule has 3 aliphatic rings. The van der Waals surface area contributed by atoms with Gasteiger partial charge >= 0.3 is 0 Å². The van der Waals surface area contributed by atoms with Crippen LogP contribution in [0.15, 0.2) is 24.3 Å². The molecule has 0 aromatic heterocycles. The van der Waals surface area contributed by atoms with Crippen LogP contribution in [0, 0.1) is 11.7 Å². The number of hydrogen-bond donors (Lipinski definition) is 4. The number of nitrogens with one attached hydrogen (secondary N) is 4. The summed E-state index contributed by atoms with van der Waals surface area (Å²) in [6, 6.07) is 7.03. The molecule has 1 amide bonds. The van der Waals surface area contributed by atoms with Crippen LogP contribution in [0.25, 0.3) is 0 Å². The van der Waals surface area contributed by atoms with Crippen LogP contribution in [0.5, 0.6) is 0 Å². The van der Waals surface area contributed by atoms with Crippen LogP contribution in [-0.2, 0) is 4.79 Å². The molecule has 27 heavy (non-hydrogen) atoms. The maximum absolute atomic E-state index is 14.0. The fourth-order valence-electron chi connectivity index (χ4n) is 4.83. The molecule has 2 heterocycles. The molecule has 0 spiro atoms. The minimum atomic E-state index is -0.334. The van der Waals surface area contributed by atoms with Crippen LogP contribution in [0.4, 0.5) is 4.39 Å². The molecule has 6 nitrogen and oxygen atoms in total. The molecule has 1 aliphatic carbocycles. The lowest BCUT2D eigenvalue weighted by atomic mass is 9.90. The van der Waals surface area contributed by atoms with E-state index in [1.165, 1.54) is 38.2 Å². The third kappa shape index (κ3) is 4.01. The maximum Gasteiger partial charge on any atom is 0.240 e. The molecule has 1 aromatic rings. The van der Waals surface area contributed by atoms with Crippen molar-refractivity contribution < 1.29 is 9.18 Å². The fourth-order valence-corrected chi connectivity index (χ4v) is 4.83. The van der Waals surface area contributed by atoms with Gasteiger partial charge in [-0.3, -0.25) is 15.6 Å². The molecule has 2 saturated heterocycles. The Hall–Kier alpha value is -1.54. The molecule has 148 valence electrons. The first-order chi connectivity index (χ1) is 13.1. The summed E-state index contributed by atoms with van der Waals surface area (Å²) in [5, 5.41) is 0. The molecular weight excluding hydrogens is 345 g/mol. The topological polar surface area (TPSA) is 68.4 Å². The van der Waals surface area contributed by atoms with E-state index >= 15 is 0 Å². The van der Waals surface area contributed by atoms with Crippen LogP contribution in [-0.4, -0.2) is 42.5 Å². The van der Waals surface area contributed by atoms with Gasteiger partial charge in [-0.05, 0) is 31.2 Å². The van der Waals surface area contributed by atoms with Gasteiger partial charge < -0.3 is 4.90 Å². The number of hydrazine groups is 2. The quantitative estimate of drug-likeness (QED) is 0.644. The Bertz CT molecular complexity index is 672. The van der Waals surface area contributed by atoms with Crippen molar-refractivity contribution in [1.29, 1.82) is 0 Å². The number of likely N-dealkylation sites (N-methyl/N-ethyl adjacent to an activating group) is 1. The third-order valence-corrected chi connectivity index (χ3v) is 6.37. The van der Waals surface area contributed by atoms with E-state index < -0.39 is 0 Å². The van der Waals surface area contributed by atoms with Gasteiger partial charge in [0.05, 0.1) is 6.04 Å². The number of fused-ring (bicyclic) bond motifs is 1. The Labute approximate surface area is 160 Å². The highest BCUT2D eigenvalue weighted by molar-refractivity contribution is 5.82. The third-order valence-electron chi connectivity index (χ3n) is 6.37. The van der Waals surface area contributed by atoms with E-state index in [1.807, 2.05) is 18.0 Å². The summed E-state index contributed by atoms with van der Waals surface area (Å²) >= 11 is 0. The summed E-state index contributed by atoms with van der Waals surface area (Å²) in [5.41, 5.74) is 13.6. The predicted octanol–water partition coefficient (Wildman–Crippen LogP) is 1.62. The zero-order valence-electron chi connectivity index (χ0n) is 15.9. The number of carbonyl (C=O) groups is 1. The van der Waals surface area contributed by atoms with Crippen LogP contribution in [0.1, 0.15) is 50.1 Å². The van der Waals surface area contributed by atoms with E-state index in [0.717, 1.165) is 0 Å². The summed E-state index contributed by atoms with van der Waals surface area (Å²) < 4.78 is 14.0. The number of amides is 1. The number of halogens is 1. The molecular formula is C20H30FN5O. The molecule has 5 atom stereocenters. The first kappa shape index (κ1) is 18.8. The Morgan fingerprint density at radius 1 is 1.11 bits per heavy atom. The Morgan fingerprint density at radius 2 is 1.93 bits per heavy atom. The monoisotopic (exact) mass is 375 g/mol. The molecule has 5 unspecified atom stereocenters. The van der Waals surface area contributed by atoms with Gasteiger partial charge in [-0.2, -0.15) is 0 Å². The fraction of sp³-hybridized carbons (Fsp3) is 0.650. The molecule has 1 saturated carbocycles. The van der Waals surface area contributed by atoms with E-state index in [2.05, 4.69) is 21.7 Å². The number of benzene rings is 1. The summed E-state index contributed by atoms with van der Waals surface area (Å²) in [7, 11) is 1.87. The highest BCUT2D eigenvalue weighted by atomic mass is 19.1. The van der Waals surface area contributed by atoms with Gasteiger partial charge in [0, 0.05) is 31.2 Å². The van der Waals surface area contributed by atoms with Gasteiger partial charge in [0.25, 0.3) is 0 Å². The minimum absolute atomic E-state index is 0.0558. The SMILES string of the molecule is CN(CC1NNC2CCCCCC21)C(=O)C1CC(c2ccccc2F)NN1. The van der Waals surface area contributed by atoms with Crippen molar-refractivity contribution in [2.75, 3.05) is 13.6 Å². The zero-order chi connectivity index (χ0) is 18.8. The minimum Gasteiger partial charge on any atom is -0.343 e. The van der Waals surface area contributed by atoms with E-state index in [0.29, 0.717) is 36.5 Å². The highest BCUT2D eigenvalue weighted by Gasteiger charge is 2.39. The number of carbonyl (C=O) groups excluding carboxylic acids is 1. The summed E-state index contributed by atoms with van der Waals surface area (Å²) in [4.78, 5) is 14.7. The lowest BCUT2D eigenvalue weighted by Gasteiger charge is -2.27. The average molecular weight is 375 g/mol. The van der Waals surface area contributed by atoms with E-state index in [4.69, 9.17) is 0 Å². The van der Waals surface area contributed by atoms with Crippen molar-refractivity contribution in [2.45, 2.75) is 62.7 Å². The van der Waals surface area contributed by atoms with E-state index in [9.17, 15) is 9.18 Å². The summed E-state index contributed by atoms with van der Waals surface area (Å²) in [6.45, 7) is 0.690. The van der Waals surface area contributed by atoms with Crippen molar-refractivity contribution in [3.63, 3.8) is 0 Å². The molecule has 0 bridgehead atoms. The van der Waals surface area contributed by atoms with Crippen LogP contribution >= 0.6 is 0 Å². The normalized spacial score (nSPS) is 33.5. The molecule has 4 rings (SSSR count). The zero-order valence-corrected chi connectivity index (χ0v) is 15.9. The van der Waals surface area contributed by atoms with Crippen molar-refractivity contribution in [2.24, 2.45) is 5.92 Å². The summed E-state index contributed by atoms with van der Waals surface area (Å²) in [5.74, 6) is 0.405. The van der Waals surface area contributed by atoms with E-state index in [1.54, 1.807) is 12.1 Å². The van der Waals surface area contributed by atoms with Gasteiger partial charge in [0.1, 0.15) is 11.9 Å². The van der Waals surface area contributed by atoms with Crippen LogP contribution in [0.2, 0.25) is 0 Å². The predicted molar refractivity (Wildman–Crippen MR) is 102 cm³/mol. The van der Waals surface area contributed by atoms with Gasteiger partial charge in [0.2, 0.25) is 5.91 Å². The molecule has 4 N–H and O–H groups in total. The molecule has 0 radical (unpaired) electrons. The Morgan fingerprint density at radius 3 is 2.78 bits per heavy atom. The largest absolute Gasteiger partial charge is 0.343 e. The first-order valence-electron chi connectivity index (χ1n) is 10.1. The second kappa shape index (κ2) is 8.22. The summed E-state index contributed by atoms with van der Waals surface area (Å²) in [6.07, 6.45) is 6.85. The first-order valence-corrected chi connectivity index (χ1v) is 10.1. The maximum atomic E-state index is 14.0. The lowest BCUT2D eigenvalue weighted by molar-refractivity contribution is -0.132. The average Bonchev–Trinajstić information content (AvgIpc) is 3.23. The molecule has 7 heteroatoms.